The summed E-state index contributed by atoms with van der Waals surface area (Å²) in [6.07, 6.45) is 0. The molecule has 0 aromatic heterocycles. The molecule has 0 aliphatic carbocycles. The van der Waals surface area contributed by atoms with Crippen LogP contribution in [0.2, 0.25) is 0 Å². The van der Waals surface area contributed by atoms with Crippen molar-refractivity contribution in [3.05, 3.63) is 29.8 Å². The van der Waals surface area contributed by atoms with Crippen molar-refractivity contribution in [3.8, 4) is 0 Å². The summed E-state index contributed by atoms with van der Waals surface area (Å²) in [5.41, 5.74) is 6.52. The number of aryl methyl sites for hydroxylation is 1. The van der Waals surface area contributed by atoms with E-state index in [0.29, 0.717) is 4.90 Å². The number of benzene rings is 1. The molecule has 0 saturated heterocycles. The second-order valence-corrected chi connectivity index (χ2v) is 6.86. The first-order valence-corrected chi connectivity index (χ1v) is 6.31. The highest BCUT2D eigenvalue weighted by Gasteiger charge is 2.34. The monoisotopic (exact) mass is 227 g/mol. The number of hydrogen-bond acceptors (Lipinski definition) is 3. The minimum Gasteiger partial charge on any atom is -0.329 e. The Balaban J connectivity index is 3.24. The third-order valence-corrected chi connectivity index (χ3v) is 5.06. The molecular formula is C11H17NO2S. The molecule has 0 spiro atoms. The summed E-state index contributed by atoms with van der Waals surface area (Å²) in [5, 5.41) is 0. The van der Waals surface area contributed by atoms with Gasteiger partial charge in [0.05, 0.1) is 9.64 Å². The molecule has 84 valence electrons. The summed E-state index contributed by atoms with van der Waals surface area (Å²) in [5.74, 6) is 0. The van der Waals surface area contributed by atoms with Gasteiger partial charge in [-0.05, 0) is 32.9 Å². The van der Waals surface area contributed by atoms with Gasteiger partial charge in [0.25, 0.3) is 0 Å². The fourth-order valence-electron chi connectivity index (χ4n) is 1.15. The average molecular weight is 227 g/mol. The van der Waals surface area contributed by atoms with E-state index in [4.69, 9.17) is 5.73 Å². The zero-order valence-electron chi connectivity index (χ0n) is 9.32. The number of hydrogen-bond donors (Lipinski definition) is 1. The van der Waals surface area contributed by atoms with Crippen molar-refractivity contribution in [1.29, 1.82) is 0 Å². The van der Waals surface area contributed by atoms with Gasteiger partial charge in [0, 0.05) is 6.54 Å². The molecule has 2 N–H and O–H groups in total. The Morgan fingerprint density at radius 1 is 1.20 bits per heavy atom. The highest BCUT2D eigenvalue weighted by molar-refractivity contribution is 7.92. The Kier molecular flexibility index (Phi) is 3.21. The lowest BCUT2D eigenvalue weighted by molar-refractivity contribution is 0.549. The lowest BCUT2D eigenvalue weighted by Gasteiger charge is -2.22. The second kappa shape index (κ2) is 3.94. The average Bonchev–Trinajstić information content (AvgIpc) is 2.18. The lowest BCUT2D eigenvalue weighted by atomic mass is 10.2. The van der Waals surface area contributed by atoms with Crippen LogP contribution in [0.25, 0.3) is 0 Å². The number of sulfone groups is 1. The fraction of sp³-hybridized carbons (Fsp3) is 0.455. The molecule has 0 atom stereocenters. The Hall–Kier alpha value is -0.870. The molecule has 0 amide bonds. The van der Waals surface area contributed by atoms with Gasteiger partial charge in [0.1, 0.15) is 0 Å². The van der Waals surface area contributed by atoms with Gasteiger partial charge in [0.15, 0.2) is 9.84 Å². The molecule has 1 rings (SSSR count). The Morgan fingerprint density at radius 3 is 2.07 bits per heavy atom. The first-order valence-electron chi connectivity index (χ1n) is 4.82. The van der Waals surface area contributed by atoms with E-state index in [0.717, 1.165) is 5.56 Å². The molecule has 0 radical (unpaired) electrons. The van der Waals surface area contributed by atoms with Crippen LogP contribution in [-0.2, 0) is 9.84 Å². The molecule has 0 bridgehead atoms. The van der Waals surface area contributed by atoms with Crippen LogP contribution < -0.4 is 5.73 Å². The number of nitrogens with two attached hydrogens (primary N) is 1. The van der Waals surface area contributed by atoms with E-state index in [1.165, 1.54) is 0 Å². The van der Waals surface area contributed by atoms with Gasteiger partial charge < -0.3 is 5.73 Å². The standard InChI is InChI=1S/C11H17NO2S/c1-9-4-6-10(7-5-9)15(13,14)11(2,3)8-12/h4-7H,8,12H2,1-3H3. The van der Waals surface area contributed by atoms with Crippen molar-refractivity contribution in [2.75, 3.05) is 6.54 Å². The molecule has 1 aromatic carbocycles. The number of rotatable bonds is 3. The minimum absolute atomic E-state index is 0.114. The summed E-state index contributed by atoms with van der Waals surface area (Å²) in [4.78, 5) is 0.337. The Morgan fingerprint density at radius 2 is 1.67 bits per heavy atom. The first-order chi connectivity index (χ1) is 6.81. The highest BCUT2D eigenvalue weighted by Crippen LogP contribution is 2.24. The van der Waals surface area contributed by atoms with Crippen molar-refractivity contribution in [2.24, 2.45) is 5.73 Å². The molecule has 15 heavy (non-hydrogen) atoms. The molecule has 0 heterocycles. The first kappa shape index (κ1) is 12.2. The third-order valence-electron chi connectivity index (χ3n) is 2.55. The molecule has 0 aliphatic heterocycles. The largest absolute Gasteiger partial charge is 0.329 e. The van der Waals surface area contributed by atoms with Gasteiger partial charge in [-0.3, -0.25) is 0 Å². The van der Waals surface area contributed by atoms with E-state index in [1.54, 1.807) is 38.1 Å². The molecule has 1 aromatic rings. The summed E-state index contributed by atoms with van der Waals surface area (Å²) in [6, 6.07) is 6.84. The van der Waals surface area contributed by atoms with Crippen molar-refractivity contribution < 1.29 is 8.42 Å². The summed E-state index contributed by atoms with van der Waals surface area (Å²) < 4.78 is 23.3. The van der Waals surface area contributed by atoms with Crippen molar-refractivity contribution >= 4 is 9.84 Å². The lowest BCUT2D eigenvalue weighted by Crippen LogP contribution is -2.39. The molecule has 3 nitrogen and oxygen atoms in total. The molecule has 4 heteroatoms. The van der Waals surface area contributed by atoms with E-state index in [2.05, 4.69) is 0 Å². The molecule has 0 aliphatic rings. The van der Waals surface area contributed by atoms with Crippen LogP contribution in [0.5, 0.6) is 0 Å². The van der Waals surface area contributed by atoms with Gasteiger partial charge in [0.2, 0.25) is 0 Å². The van der Waals surface area contributed by atoms with E-state index >= 15 is 0 Å². The summed E-state index contributed by atoms with van der Waals surface area (Å²) in [6.45, 7) is 5.32. The molecular weight excluding hydrogens is 210 g/mol. The van der Waals surface area contributed by atoms with Gasteiger partial charge >= 0.3 is 0 Å². The third kappa shape index (κ3) is 2.21. The van der Waals surface area contributed by atoms with Crippen LogP contribution in [0.3, 0.4) is 0 Å². The quantitative estimate of drug-likeness (QED) is 0.851. The van der Waals surface area contributed by atoms with Crippen LogP contribution in [0, 0.1) is 6.92 Å². The summed E-state index contributed by atoms with van der Waals surface area (Å²) >= 11 is 0. The van der Waals surface area contributed by atoms with E-state index in [9.17, 15) is 8.42 Å². The van der Waals surface area contributed by atoms with Crippen LogP contribution in [-0.4, -0.2) is 19.7 Å². The van der Waals surface area contributed by atoms with Crippen LogP contribution >= 0.6 is 0 Å². The normalized spacial score (nSPS) is 12.8. The maximum atomic E-state index is 12.1. The van der Waals surface area contributed by atoms with Gasteiger partial charge in [-0.2, -0.15) is 0 Å². The Labute approximate surface area is 91.2 Å². The van der Waals surface area contributed by atoms with Crippen molar-refractivity contribution in [2.45, 2.75) is 30.4 Å². The second-order valence-electron chi connectivity index (χ2n) is 4.28. The minimum atomic E-state index is -3.33. The van der Waals surface area contributed by atoms with Gasteiger partial charge in [-0.25, -0.2) is 8.42 Å². The van der Waals surface area contributed by atoms with E-state index in [1.807, 2.05) is 6.92 Å². The highest BCUT2D eigenvalue weighted by atomic mass is 32.2. The van der Waals surface area contributed by atoms with Gasteiger partial charge in [-0.15, -0.1) is 0 Å². The molecule has 0 saturated carbocycles. The zero-order chi connectivity index (χ0) is 11.7. The maximum absolute atomic E-state index is 12.1. The van der Waals surface area contributed by atoms with E-state index < -0.39 is 14.6 Å². The zero-order valence-corrected chi connectivity index (χ0v) is 10.1. The Bertz CT molecular complexity index is 432. The van der Waals surface area contributed by atoms with Crippen LogP contribution in [0.15, 0.2) is 29.2 Å². The van der Waals surface area contributed by atoms with Crippen LogP contribution in [0.1, 0.15) is 19.4 Å². The fourth-order valence-corrected chi connectivity index (χ4v) is 2.50. The molecule has 0 fully saturated rings. The SMILES string of the molecule is Cc1ccc(S(=O)(=O)C(C)(C)CN)cc1. The smallest absolute Gasteiger partial charge is 0.184 e. The predicted octanol–water partition coefficient (Wildman–Crippen LogP) is 1.51. The predicted molar refractivity (Wildman–Crippen MR) is 61.5 cm³/mol. The van der Waals surface area contributed by atoms with Crippen molar-refractivity contribution in [1.82, 2.24) is 0 Å². The molecule has 0 unspecified atom stereocenters. The van der Waals surface area contributed by atoms with Gasteiger partial charge in [-0.1, -0.05) is 17.7 Å². The summed E-state index contributed by atoms with van der Waals surface area (Å²) in [7, 11) is -3.33. The topological polar surface area (TPSA) is 60.2 Å². The van der Waals surface area contributed by atoms with E-state index in [-0.39, 0.29) is 6.54 Å². The van der Waals surface area contributed by atoms with Crippen LogP contribution in [0.4, 0.5) is 0 Å². The maximum Gasteiger partial charge on any atom is 0.184 e. The van der Waals surface area contributed by atoms with Crippen molar-refractivity contribution in [3.63, 3.8) is 0 Å².